The number of hydrogen-bond donors (Lipinski definition) is 0. The summed E-state index contributed by atoms with van der Waals surface area (Å²) in [5, 5.41) is 0. The van der Waals surface area contributed by atoms with Crippen LogP contribution in [-0.4, -0.2) is 40.5 Å². The Morgan fingerprint density at radius 2 is 1.91 bits per heavy atom. The minimum atomic E-state index is -0.235. The maximum Gasteiger partial charge on any atom is 0.161 e. The largest absolute Gasteiger partial charge is 0.493 e. The molecule has 1 aromatic rings. The van der Waals surface area contributed by atoms with E-state index >= 15 is 0 Å². The van der Waals surface area contributed by atoms with E-state index in [0.717, 1.165) is 18.4 Å². The fraction of sp³-hybridized carbons (Fsp3) is 0.500. The third-order valence-corrected chi connectivity index (χ3v) is 4.26. The first kappa shape index (κ1) is 17.5. The fourth-order valence-corrected chi connectivity index (χ4v) is 2.90. The SMILES string of the molecule is COCOCCC1(c2ccc(OC)c(OC)c2)C=CC(=O)CC1. The number of methoxy groups -OCH3 is 3. The predicted molar refractivity (Wildman–Crippen MR) is 87.1 cm³/mol. The molecule has 1 aliphatic carbocycles. The Morgan fingerprint density at radius 1 is 1.13 bits per heavy atom. The minimum Gasteiger partial charge on any atom is -0.493 e. The Kier molecular flexibility index (Phi) is 6.19. The van der Waals surface area contributed by atoms with Crippen LogP contribution in [-0.2, 0) is 19.7 Å². The van der Waals surface area contributed by atoms with Gasteiger partial charge in [-0.2, -0.15) is 0 Å². The van der Waals surface area contributed by atoms with Crippen LogP contribution in [0.1, 0.15) is 24.8 Å². The van der Waals surface area contributed by atoms with Crippen molar-refractivity contribution in [3.8, 4) is 11.5 Å². The lowest BCUT2D eigenvalue weighted by Gasteiger charge is -2.34. The standard InChI is InChI=1S/C18H24O5/c1-20-13-23-11-10-18(8-6-15(19)7-9-18)14-4-5-16(21-2)17(12-14)22-3/h4-6,8,12H,7,9-11,13H2,1-3H3. The van der Waals surface area contributed by atoms with Crippen molar-refractivity contribution in [3.63, 3.8) is 0 Å². The molecule has 1 unspecified atom stereocenters. The Bertz CT molecular complexity index is 567. The second-order valence-corrected chi connectivity index (χ2v) is 5.59. The molecule has 0 spiro atoms. The molecule has 0 aromatic heterocycles. The summed E-state index contributed by atoms with van der Waals surface area (Å²) in [6.45, 7) is 0.825. The van der Waals surface area contributed by atoms with Gasteiger partial charge in [0.05, 0.1) is 20.8 Å². The van der Waals surface area contributed by atoms with Crippen LogP contribution < -0.4 is 9.47 Å². The van der Waals surface area contributed by atoms with Crippen LogP contribution in [0.15, 0.2) is 30.4 Å². The Labute approximate surface area is 137 Å². The highest BCUT2D eigenvalue weighted by Crippen LogP contribution is 2.41. The first-order valence-electron chi connectivity index (χ1n) is 7.66. The van der Waals surface area contributed by atoms with Gasteiger partial charge < -0.3 is 18.9 Å². The van der Waals surface area contributed by atoms with Gasteiger partial charge in [-0.1, -0.05) is 12.1 Å². The van der Waals surface area contributed by atoms with E-state index in [1.807, 2.05) is 24.3 Å². The van der Waals surface area contributed by atoms with Crippen LogP contribution in [0.25, 0.3) is 0 Å². The number of carbonyl (C=O) groups excluding carboxylic acids is 1. The van der Waals surface area contributed by atoms with E-state index in [1.54, 1.807) is 27.4 Å². The van der Waals surface area contributed by atoms with Gasteiger partial charge in [0.25, 0.3) is 0 Å². The van der Waals surface area contributed by atoms with Gasteiger partial charge in [-0.25, -0.2) is 0 Å². The highest BCUT2D eigenvalue weighted by molar-refractivity contribution is 5.91. The lowest BCUT2D eigenvalue weighted by molar-refractivity contribution is -0.115. The van der Waals surface area contributed by atoms with Crippen molar-refractivity contribution < 1.29 is 23.7 Å². The van der Waals surface area contributed by atoms with Crippen molar-refractivity contribution in [2.24, 2.45) is 0 Å². The second-order valence-electron chi connectivity index (χ2n) is 5.59. The summed E-state index contributed by atoms with van der Waals surface area (Å²) in [7, 11) is 4.84. The maximum atomic E-state index is 11.6. The van der Waals surface area contributed by atoms with Crippen molar-refractivity contribution in [1.82, 2.24) is 0 Å². The molecule has 0 heterocycles. The Morgan fingerprint density at radius 3 is 2.52 bits per heavy atom. The van der Waals surface area contributed by atoms with Gasteiger partial charge in [-0.15, -0.1) is 0 Å². The topological polar surface area (TPSA) is 54.0 Å². The summed E-state index contributed by atoms with van der Waals surface area (Å²) >= 11 is 0. The fourth-order valence-electron chi connectivity index (χ4n) is 2.90. The Balaban J connectivity index is 2.30. The van der Waals surface area contributed by atoms with E-state index in [1.165, 1.54) is 0 Å². The zero-order valence-corrected chi connectivity index (χ0v) is 14.0. The number of rotatable bonds is 8. The normalized spacial score (nSPS) is 20.6. The van der Waals surface area contributed by atoms with Crippen LogP contribution >= 0.6 is 0 Å². The van der Waals surface area contributed by atoms with Crippen LogP contribution in [0.2, 0.25) is 0 Å². The van der Waals surface area contributed by atoms with E-state index in [9.17, 15) is 4.79 Å². The molecule has 0 saturated heterocycles. The molecule has 0 bridgehead atoms. The number of carbonyl (C=O) groups is 1. The van der Waals surface area contributed by atoms with Gasteiger partial charge >= 0.3 is 0 Å². The molecule has 1 aromatic carbocycles. The molecular formula is C18H24O5. The van der Waals surface area contributed by atoms with Crippen LogP contribution in [0.4, 0.5) is 0 Å². The summed E-state index contributed by atoms with van der Waals surface area (Å²) in [4.78, 5) is 11.6. The number of benzene rings is 1. The molecule has 0 aliphatic heterocycles. The van der Waals surface area contributed by atoms with Crippen LogP contribution in [0.5, 0.6) is 11.5 Å². The average molecular weight is 320 g/mol. The number of ether oxygens (including phenoxy) is 4. The number of allylic oxidation sites excluding steroid dienone is 2. The van der Waals surface area contributed by atoms with E-state index in [2.05, 4.69) is 0 Å². The van der Waals surface area contributed by atoms with Crippen molar-refractivity contribution in [1.29, 1.82) is 0 Å². The minimum absolute atomic E-state index is 0.166. The molecule has 1 atom stereocenters. The molecule has 2 rings (SSSR count). The summed E-state index contributed by atoms with van der Waals surface area (Å²) < 4.78 is 21.1. The quantitative estimate of drug-likeness (QED) is 0.544. The van der Waals surface area contributed by atoms with Crippen LogP contribution in [0.3, 0.4) is 0 Å². The zero-order valence-electron chi connectivity index (χ0n) is 14.0. The molecule has 0 N–H and O–H groups in total. The summed E-state index contributed by atoms with van der Waals surface area (Å²) in [6, 6.07) is 5.91. The molecule has 0 fully saturated rings. The van der Waals surface area contributed by atoms with Crippen molar-refractivity contribution >= 4 is 5.78 Å². The van der Waals surface area contributed by atoms with Gasteiger partial charge in [-0.3, -0.25) is 4.79 Å². The van der Waals surface area contributed by atoms with Crippen molar-refractivity contribution in [2.45, 2.75) is 24.7 Å². The molecule has 1 aliphatic rings. The summed E-state index contributed by atoms with van der Waals surface area (Å²) in [5.74, 6) is 1.55. The lowest BCUT2D eigenvalue weighted by atomic mass is 9.71. The lowest BCUT2D eigenvalue weighted by Crippen LogP contribution is -2.29. The second kappa shape index (κ2) is 8.13. The molecule has 126 valence electrons. The van der Waals surface area contributed by atoms with Gasteiger partial charge in [0.15, 0.2) is 17.3 Å². The van der Waals surface area contributed by atoms with Gasteiger partial charge in [0.1, 0.15) is 6.79 Å². The van der Waals surface area contributed by atoms with E-state index in [4.69, 9.17) is 18.9 Å². The highest BCUT2D eigenvalue weighted by atomic mass is 16.7. The average Bonchev–Trinajstić information content (AvgIpc) is 2.60. The van der Waals surface area contributed by atoms with E-state index < -0.39 is 0 Å². The number of hydrogen-bond acceptors (Lipinski definition) is 5. The van der Waals surface area contributed by atoms with Crippen molar-refractivity contribution in [2.75, 3.05) is 34.7 Å². The van der Waals surface area contributed by atoms with E-state index in [0.29, 0.717) is 24.5 Å². The molecule has 0 amide bonds. The third-order valence-electron chi connectivity index (χ3n) is 4.26. The van der Waals surface area contributed by atoms with E-state index in [-0.39, 0.29) is 18.0 Å². The summed E-state index contributed by atoms with van der Waals surface area (Å²) in [5.41, 5.74) is 0.862. The maximum absolute atomic E-state index is 11.6. The smallest absolute Gasteiger partial charge is 0.161 e. The Hall–Kier alpha value is -1.85. The van der Waals surface area contributed by atoms with Gasteiger partial charge in [-0.05, 0) is 36.6 Å². The number of ketones is 1. The predicted octanol–water partition coefficient (Wildman–Crippen LogP) is 2.87. The monoisotopic (exact) mass is 320 g/mol. The third kappa shape index (κ3) is 4.12. The zero-order chi connectivity index (χ0) is 16.7. The molecular weight excluding hydrogens is 296 g/mol. The summed E-state index contributed by atoms with van der Waals surface area (Å²) in [6.07, 6.45) is 5.74. The van der Waals surface area contributed by atoms with Crippen LogP contribution in [0, 0.1) is 0 Å². The van der Waals surface area contributed by atoms with Gasteiger partial charge in [0.2, 0.25) is 0 Å². The molecule has 5 nitrogen and oxygen atoms in total. The highest BCUT2D eigenvalue weighted by Gasteiger charge is 2.33. The first-order chi connectivity index (χ1) is 11.1. The first-order valence-corrected chi connectivity index (χ1v) is 7.66. The van der Waals surface area contributed by atoms with Gasteiger partial charge in [0, 0.05) is 18.9 Å². The molecule has 0 saturated carbocycles. The van der Waals surface area contributed by atoms with Crippen molar-refractivity contribution in [3.05, 3.63) is 35.9 Å². The molecule has 0 radical (unpaired) electrons. The molecule has 5 heteroatoms. The molecule has 23 heavy (non-hydrogen) atoms.